The van der Waals surface area contributed by atoms with Gasteiger partial charge in [0.25, 0.3) is 5.91 Å². The predicted octanol–water partition coefficient (Wildman–Crippen LogP) is 2.64. The molecular weight excluding hydrogens is 394 g/mol. The number of nitrogens with two attached hydrogens (primary N) is 1. The molecule has 9 nitrogen and oxygen atoms in total. The van der Waals surface area contributed by atoms with Gasteiger partial charge in [-0.25, -0.2) is 4.79 Å². The van der Waals surface area contributed by atoms with Crippen LogP contribution >= 0.6 is 0 Å². The van der Waals surface area contributed by atoms with Crippen LogP contribution in [0.2, 0.25) is 0 Å². The number of imide groups is 1. The van der Waals surface area contributed by atoms with E-state index >= 15 is 0 Å². The quantitative estimate of drug-likeness (QED) is 0.505. The van der Waals surface area contributed by atoms with E-state index in [0.29, 0.717) is 12.8 Å². The van der Waals surface area contributed by atoms with Gasteiger partial charge in [0.05, 0.1) is 6.54 Å². The van der Waals surface area contributed by atoms with Crippen LogP contribution in [0.3, 0.4) is 0 Å². The number of carbonyl (C=O) groups excluding carboxylic acids is 2. The van der Waals surface area contributed by atoms with Crippen molar-refractivity contribution >= 4 is 29.5 Å². The molecule has 3 aromatic rings. The number of nitrogens with zero attached hydrogens (tertiary/aromatic N) is 4. The van der Waals surface area contributed by atoms with Crippen LogP contribution in [0, 0.1) is 0 Å². The lowest BCUT2D eigenvalue weighted by atomic mass is 9.93. The summed E-state index contributed by atoms with van der Waals surface area (Å²) in [5.41, 5.74) is 6.71. The van der Waals surface area contributed by atoms with Crippen molar-refractivity contribution < 1.29 is 9.59 Å². The molecule has 1 fully saturated rings. The molecule has 4 rings (SSSR count). The Morgan fingerprint density at radius 2 is 1.68 bits per heavy atom. The van der Waals surface area contributed by atoms with E-state index in [1.165, 1.54) is 0 Å². The summed E-state index contributed by atoms with van der Waals surface area (Å²) in [4.78, 5) is 39.2. The molecule has 1 aromatic heterocycles. The number of urea groups is 1. The Bertz CT molecular complexity index is 1090. The van der Waals surface area contributed by atoms with Crippen LogP contribution in [0.4, 0.5) is 22.4 Å². The van der Waals surface area contributed by atoms with Gasteiger partial charge in [-0.05, 0) is 37.5 Å². The zero-order valence-electron chi connectivity index (χ0n) is 17.1. The van der Waals surface area contributed by atoms with Gasteiger partial charge < -0.3 is 16.4 Å². The number of aromatic nitrogens is 3. The summed E-state index contributed by atoms with van der Waals surface area (Å²) in [6, 6.07) is 18.7. The standard InChI is InChI=1S/C22H23N7O2/c1-22(13-12-15-8-4-2-5-9-15)18(30)29(21(31)28-22)14-17-25-19(23)27-20(26-17)24-16-10-6-3-7-11-16/h2-11H,12-14H2,1H3,(H,28,31)(H3,23,24,25,26,27)/t22-/m1/s1. The summed E-state index contributed by atoms with van der Waals surface area (Å²) in [7, 11) is 0. The third kappa shape index (κ3) is 4.61. The summed E-state index contributed by atoms with van der Waals surface area (Å²) in [6.45, 7) is 1.64. The van der Waals surface area contributed by atoms with E-state index in [2.05, 4.69) is 25.6 Å². The Morgan fingerprint density at radius 1 is 1.00 bits per heavy atom. The van der Waals surface area contributed by atoms with Gasteiger partial charge >= 0.3 is 6.03 Å². The zero-order chi connectivity index (χ0) is 21.8. The minimum atomic E-state index is -0.989. The van der Waals surface area contributed by atoms with Crippen LogP contribution in [-0.4, -0.2) is 37.3 Å². The lowest BCUT2D eigenvalue weighted by Crippen LogP contribution is -2.44. The molecular formula is C22H23N7O2. The van der Waals surface area contributed by atoms with E-state index < -0.39 is 11.6 Å². The Hall–Kier alpha value is -4.01. The maximum absolute atomic E-state index is 13.0. The third-order valence-electron chi connectivity index (χ3n) is 5.13. The number of nitrogen functional groups attached to an aromatic ring is 1. The molecule has 0 unspecified atom stereocenters. The van der Waals surface area contributed by atoms with Crippen molar-refractivity contribution in [2.45, 2.75) is 31.8 Å². The number of para-hydroxylation sites is 1. The number of amides is 3. The number of benzene rings is 2. The molecule has 3 amide bonds. The highest BCUT2D eigenvalue weighted by Crippen LogP contribution is 2.24. The molecule has 0 spiro atoms. The third-order valence-corrected chi connectivity index (χ3v) is 5.13. The first-order valence-corrected chi connectivity index (χ1v) is 9.93. The van der Waals surface area contributed by atoms with Crippen molar-refractivity contribution in [3.8, 4) is 0 Å². The topological polar surface area (TPSA) is 126 Å². The molecule has 0 radical (unpaired) electrons. The molecule has 9 heteroatoms. The highest BCUT2D eigenvalue weighted by Gasteiger charge is 2.47. The number of nitrogens with one attached hydrogen (secondary N) is 2. The number of hydrogen-bond donors (Lipinski definition) is 3. The fraction of sp³-hybridized carbons (Fsp3) is 0.227. The second kappa shape index (κ2) is 8.39. The molecule has 0 bridgehead atoms. The molecule has 0 aliphatic carbocycles. The Morgan fingerprint density at radius 3 is 2.39 bits per heavy atom. The summed E-state index contributed by atoms with van der Waals surface area (Å²) in [5, 5.41) is 5.85. The minimum absolute atomic E-state index is 0.00215. The first kappa shape index (κ1) is 20.3. The van der Waals surface area contributed by atoms with Crippen LogP contribution in [0.1, 0.15) is 24.7 Å². The van der Waals surface area contributed by atoms with Crippen molar-refractivity contribution in [3.05, 3.63) is 72.1 Å². The lowest BCUT2D eigenvalue weighted by Gasteiger charge is -2.21. The van der Waals surface area contributed by atoms with Crippen molar-refractivity contribution in [3.63, 3.8) is 0 Å². The average molecular weight is 417 g/mol. The summed E-state index contributed by atoms with van der Waals surface area (Å²) in [6.07, 6.45) is 1.15. The fourth-order valence-electron chi connectivity index (χ4n) is 3.46. The SMILES string of the molecule is C[C@]1(CCc2ccccc2)NC(=O)N(Cc2nc(N)nc(Nc3ccccc3)n2)C1=O. The van der Waals surface area contributed by atoms with E-state index in [4.69, 9.17) is 5.73 Å². The van der Waals surface area contributed by atoms with Gasteiger partial charge in [0.15, 0.2) is 5.82 Å². The Kier molecular flexibility index (Phi) is 5.48. The smallest absolute Gasteiger partial charge is 0.325 e. The average Bonchev–Trinajstić information content (AvgIpc) is 2.97. The molecule has 1 aliphatic heterocycles. The normalized spacial score (nSPS) is 18.2. The van der Waals surface area contributed by atoms with Crippen molar-refractivity contribution in [1.82, 2.24) is 25.2 Å². The molecule has 1 atom stereocenters. The monoisotopic (exact) mass is 417 g/mol. The van der Waals surface area contributed by atoms with Crippen LogP contribution in [0.15, 0.2) is 60.7 Å². The molecule has 2 aromatic carbocycles. The Balaban J connectivity index is 1.47. The summed E-state index contributed by atoms with van der Waals surface area (Å²) in [5.74, 6) is 0.154. The fourth-order valence-corrected chi connectivity index (χ4v) is 3.46. The predicted molar refractivity (Wildman–Crippen MR) is 116 cm³/mol. The minimum Gasteiger partial charge on any atom is -0.368 e. The number of carbonyl (C=O) groups is 2. The number of anilines is 3. The van der Waals surface area contributed by atoms with Crippen molar-refractivity contribution in [1.29, 1.82) is 0 Å². The van der Waals surface area contributed by atoms with E-state index in [-0.39, 0.29) is 30.2 Å². The van der Waals surface area contributed by atoms with Crippen molar-refractivity contribution in [2.24, 2.45) is 0 Å². The number of aryl methyl sites for hydroxylation is 1. The van der Waals surface area contributed by atoms with Crippen LogP contribution in [0.5, 0.6) is 0 Å². The van der Waals surface area contributed by atoms with Gasteiger partial charge in [0, 0.05) is 5.69 Å². The van der Waals surface area contributed by atoms with Gasteiger partial charge in [0.1, 0.15) is 5.54 Å². The largest absolute Gasteiger partial charge is 0.368 e. The second-order valence-corrected chi connectivity index (χ2v) is 7.56. The zero-order valence-corrected chi connectivity index (χ0v) is 17.1. The van der Waals surface area contributed by atoms with E-state index in [1.54, 1.807) is 6.92 Å². The van der Waals surface area contributed by atoms with Gasteiger partial charge in [-0.1, -0.05) is 48.5 Å². The molecule has 1 aliphatic rings. The first-order chi connectivity index (χ1) is 14.9. The summed E-state index contributed by atoms with van der Waals surface area (Å²) < 4.78 is 0. The number of hydrogen-bond acceptors (Lipinski definition) is 7. The van der Waals surface area contributed by atoms with Crippen LogP contribution < -0.4 is 16.4 Å². The van der Waals surface area contributed by atoms with Crippen LogP contribution in [0.25, 0.3) is 0 Å². The Labute approximate surface area is 179 Å². The highest BCUT2D eigenvalue weighted by atomic mass is 16.2. The molecule has 1 saturated heterocycles. The molecule has 31 heavy (non-hydrogen) atoms. The van der Waals surface area contributed by atoms with Gasteiger partial charge in [-0.15, -0.1) is 0 Å². The van der Waals surface area contributed by atoms with Crippen molar-refractivity contribution in [2.75, 3.05) is 11.1 Å². The number of rotatable bonds is 7. The van der Waals surface area contributed by atoms with Gasteiger partial charge in [-0.2, -0.15) is 15.0 Å². The van der Waals surface area contributed by atoms with E-state index in [1.807, 2.05) is 60.7 Å². The lowest BCUT2D eigenvalue weighted by molar-refractivity contribution is -0.131. The molecule has 0 saturated carbocycles. The second-order valence-electron chi connectivity index (χ2n) is 7.56. The van der Waals surface area contributed by atoms with E-state index in [0.717, 1.165) is 16.2 Å². The highest BCUT2D eigenvalue weighted by molar-refractivity contribution is 6.06. The first-order valence-electron chi connectivity index (χ1n) is 9.93. The van der Waals surface area contributed by atoms with E-state index in [9.17, 15) is 9.59 Å². The van der Waals surface area contributed by atoms with Gasteiger partial charge in [-0.3, -0.25) is 9.69 Å². The molecule has 2 heterocycles. The maximum atomic E-state index is 13.0. The van der Waals surface area contributed by atoms with Gasteiger partial charge in [0.2, 0.25) is 11.9 Å². The summed E-state index contributed by atoms with van der Waals surface area (Å²) >= 11 is 0. The maximum Gasteiger partial charge on any atom is 0.325 e. The molecule has 4 N–H and O–H groups in total. The molecule has 158 valence electrons. The van der Waals surface area contributed by atoms with Crippen LogP contribution in [-0.2, 0) is 17.8 Å².